The van der Waals surface area contributed by atoms with E-state index in [1.165, 1.54) is 16.8 Å². The number of carbonyl (C=O) groups is 1. The molecule has 150 valence electrons. The molecule has 1 N–H and O–H groups in total. The van der Waals surface area contributed by atoms with E-state index in [2.05, 4.69) is 25.9 Å². The van der Waals surface area contributed by atoms with Gasteiger partial charge in [0.25, 0.3) is 5.56 Å². The number of nitrogens with zero attached hydrogens (tertiary/aromatic N) is 3. The van der Waals surface area contributed by atoms with Crippen molar-refractivity contribution in [3.8, 4) is 11.4 Å². The van der Waals surface area contributed by atoms with Crippen LogP contribution in [0.4, 0.5) is 8.78 Å². The molecule has 0 radical (unpaired) electrons. The van der Waals surface area contributed by atoms with E-state index in [0.717, 1.165) is 12.1 Å². The number of hydrogen-bond donors (Lipinski definition) is 1. The number of aryl methyl sites for hydroxylation is 2. The van der Waals surface area contributed by atoms with E-state index < -0.39 is 23.2 Å². The highest BCUT2D eigenvalue weighted by molar-refractivity contribution is 9.10. The zero-order valence-electron chi connectivity index (χ0n) is 15.2. The molecule has 0 saturated heterocycles. The molecule has 3 aromatic rings. The lowest BCUT2D eigenvalue weighted by Crippen LogP contribution is -2.24. The molecule has 29 heavy (non-hydrogen) atoms. The molecule has 0 amide bonds. The van der Waals surface area contributed by atoms with Crippen molar-refractivity contribution in [3.05, 3.63) is 79.7 Å². The van der Waals surface area contributed by atoms with Gasteiger partial charge in [-0.05, 0) is 41.9 Å². The second kappa shape index (κ2) is 8.08. The summed E-state index contributed by atoms with van der Waals surface area (Å²) in [7, 11) is 0. The van der Waals surface area contributed by atoms with E-state index in [4.69, 9.17) is 9.84 Å². The highest BCUT2D eigenvalue weighted by atomic mass is 79.9. The van der Waals surface area contributed by atoms with Crippen molar-refractivity contribution >= 4 is 21.9 Å². The van der Waals surface area contributed by atoms with Gasteiger partial charge in [-0.25, -0.2) is 23.5 Å². The van der Waals surface area contributed by atoms with Gasteiger partial charge in [-0.1, -0.05) is 0 Å². The van der Waals surface area contributed by atoms with Crippen LogP contribution in [-0.2, 0) is 6.61 Å². The maximum absolute atomic E-state index is 13.8. The number of benzene rings is 1. The number of pyridine rings is 1. The van der Waals surface area contributed by atoms with Gasteiger partial charge in [0, 0.05) is 23.4 Å². The summed E-state index contributed by atoms with van der Waals surface area (Å²) in [4.78, 5) is 31.5. The molecular weight excluding hydrogens is 452 g/mol. The van der Waals surface area contributed by atoms with Gasteiger partial charge in [0.05, 0.1) is 17.6 Å². The largest absolute Gasteiger partial charge is 0.487 e. The average Bonchev–Trinajstić information content (AvgIpc) is 2.65. The zero-order valence-corrected chi connectivity index (χ0v) is 16.8. The lowest BCUT2D eigenvalue weighted by atomic mass is 10.2. The maximum Gasteiger partial charge on any atom is 0.373 e. The molecule has 10 heteroatoms. The number of carboxylic acids is 1. The molecule has 0 atom stereocenters. The van der Waals surface area contributed by atoms with Crippen LogP contribution in [0, 0.1) is 25.5 Å². The van der Waals surface area contributed by atoms with Gasteiger partial charge in [0.1, 0.15) is 28.5 Å². The van der Waals surface area contributed by atoms with E-state index in [9.17, 15) is 18.4 Å². The minimum atomic E-state index is -1.28. The fraction of sp³-hybridized carbons (Fsp3) is 0.158. The molecule has 0 fully saturated rings. The molecule has 7 nitrogen and oxygen atoms in total. The third-order valence-electron chi connectivity index (χ3n) is 4.08. The summed E-state index contributed by atoms with van der Waals surface area (Å²) in [6.45, 7) is 3.00. The first kappa shape index (κ1) is 20.6. The molecule has 0 spiro atoms. The Balaban J connectivity index is 1.96. The maximum atomic E-state index is 13.8. The number of ether oxygens (including phenoxy) is 1. The monoisotopic (exact) mass is 465 g/mol. The molecule has 1 aromatic carbocycles. The number of aromatic nitrogens is 3. The molecule has 0 aliphatic carbocycles. The summed E-state index contributed by atoms with van der Waals surface area (Å²) in [5.41, 5.74) is 0.719. The number of aromatic carboxylic acids is 1. The third-order valence-corrected chi connectivity index (χ3v) is 4.81. The Kier molecular flexibility index (Phi) is 5.73. The summed E-state index contributed by atoms with van der Waals surface area (Å²) >= 11 is 3.18. The summed E-state index contributed by atoms with van der Waals surface area (Å²) in [5.74, 6) is -2.93. The fourth-order valence-electron chi connectivity index (χ4n) is 2.66. The van der Waals surface area contributed by atoms with Gasteiger partial charge >= 0.3 is 5.97 Å². The van der Waals surface area contributed by atoms with Gasteiger partial charge in [0.2, 0.25) is 5.82 Å². The van der Waals surface area contributed by atoms with Gasteiger partial charge in [0.15, 0.2) is 0 Å². The second-order valence-electron chi connectivity index (χ2n) is 6.10. The van der Waals surface area contributed by atoms with Gasteiger partial charge in [-0.3, -0.25) is 9.36 Å². The van der Waals surface area contributed by atoms with E-state index in [1.807, 2.05) is 0 Å². The SMILES string of the molecule is Cc1nc(C(=O)O)ncc1-n1c(C)cc(OCc2ccc(F)cc2F)c(Br)c1=O. The van der Waals surface area contributed by atoms with Crippen molar-refractivity contribution in [2.24, 2.45) is 0 Å². The molecule has 0 aliphatic heterocycles. The van der Waals surface area contributed by atoms with Crippen LogP contribution < -0.4 is 10.3 Å². The predicted octanol–water partition coefficient (Wildman–Crippen LogP) is 3.56. The molecule has 0 bridgehead atoms. The number of halogens is 3. The number of rotatable bonds is 5. The second-order valence-corrected chi connectivity index (χ2v) is 6.89. The van der Waals surface area contributed by atoms with Crippen molar-refractivity contribution < 1.29 is 23.4 Å². The Morgan fingerprint density at radius 2 is 2.00 bits per heavy atom. The zero-order chi connectivity index (χ0) is 21.3. The summed E-state index contributed by atoms with van der Waals surface area (Å²) < 4.78 is 33.7. The Labute approximate surface area is 171 Å². The molecule has 0 unspecified atom stereocenters. The van der Waals surface area contributed by atoms with Gasteiger partial charge in [-0.2, -0.15) is 0 Å². The molecule has 2 aromatic heterocycles. The molecule has 0 saturated carbocycles. The van der Waals surface area contributed by atoms with Crippen LogP contribution in [0.25, 0.3) is 5.69 Å². The summed E-state index contributed by atoms with van der Waals surface area (Å²) in [6, 6.07) is 4.68. The minimum Gasteiger partial charge on any atom is -0.487 e. The van der Waals surface area contributed by atoms with Crippen molar-refractivity contribution in [1.29, 1.82) is 0 Å². The first-order valence-corrected chi connectivity index (χ1v) is 9.04. The predicted molar refractivity (Wildman–Crippen MR) is 102 cm³/mol. The van der Waals surface area contributed by atoms with Crippen LogP contribution in [0.2, 0.25) is 0 Å². The van der Waals surface area contributed by atoms with Crippen molar-refractivity contribution in [2.45, 2.75) is 20.5 Å². The van der Waals surface area contributed by atoms with Crippen molar-refractivity contribution in [1.82, 2.24) is 14.5 Å². The Morgan fingerprint density at radius 3 is 2.62 bits per heavy atom. The Hall–Kier alpha value is -3.14. The lowest BCUT2D eigenvalue weighted by Gasteiger charge is -2.16. The standard InChI is InChI=1S/C19H14BrF2N3O4/c1-9-5-15(29-8-11-3-4-12(21)6-13(11)22)16(20)18(26)25(9)14-7-23-17(19(27)28)24-10(14)2/h3-7H,8H2,1-2H3,(H,27,28). The van der Waals surface area contributed by atoms with E-state index >= 15 is 0 Å². The van der Waals surface area contributed by atoms with Crippen molar-refractivity contribution in [3.63, 3.8) is 0 Å². The highest BCUT2D eigenvalue weighted by Gasteiger charge is 2.18. The number of carboxylic acid groups (broad SMARTS) is 1. The Bertz CT molecular complexity index is 1180. The average molecular weight is 466 g/mol. The lowest BCUT2D eigenvalue weighted by molar-refractivity contribution is 0.0683. The topological polar surface area (TPSA) is 94.3 Å². The molecular formula is C19H14BrF2N3O4. The highest BCUT2D eigenvalue weighted by Crippen LogP contribution is 2.26. The fourth-order valence-corrected chi connectivity index (χ4v) is 3.07. The number of hydrogen-bond acceptors (Lipinski definition) is 5. The normalized spacial score (nSPS) is 10.8. The van der Waals surface area contributed by atoms with Crippen LogP contribution in [0.1, 0.15) is 27.6 Å². The van der Waals surface area contributed by atoms with E-state index in [0.29, 0.717) is 17.1 Å². The first-order valence-electron chi connectivity index (χ1n) is 8.25. The van der Waals surface area contributed by atoms with Crippen LogP contribution in [0.3, 0.4) is 0 Å². The quantitative estimate of drug-likeness (QED) is 0.618. The van der Waals surface area contributed by atoms with Crippen molar-refractivity contribution in [2.75, 3.05) is 0 Å². The smallest absolute Gasteiger partial charge is 0.373 e. The van der Waals surface area contributed by atoms with Crippen LogP contribution in [-0.4, -0.2) is 25.6 Å². The first-order chi connectivity index (χ1) is 13.7. The molecule has 3 rings (SSSR count). The summed E-state index contributed by atoms with van der Waals surface area (Å²) in [6.07, 6.45) is 1.25. The van der Waals surface area contributed by atoms with Crippen LogP contribution in [0.15, 0.2) is 39.7 Å². The van der Waals surface area contributed by atoms with Gasteiger partial charge in [-0.15, -0.1) is 0 Å². The van der Waals surface area contributed by atoms with E-state index in [-0.39, 0.29) is 28.2 Å². The Morgan fingerprint density at radius 1 is 1.28 bits per heavy atom. The van der Waals surface area contributed by atoms with E-state index in [1.54, 1.807) is 19.9 Å². The van der Waals surface area contributed by atoms with Crippen LogP contribution >= 0.6 is 15.9 Å². The molecule has 0 aliphatic rings. The summed E-state index contributed by atoms with van der Waals surface area (Å²) in [5, 5.41) is 8.98. The van der Waals surface area contributed by atoms with Gasteiger partial charge < -0.3 is 9.84 Å². The van der Waals surface area contributed by atoms with Crippen LogP contribution in [0.5, 0.6) is 5.75 Å². The third kappa shape index (κ3) is 4.16. The minimum absolute atomic E-state index is 0.0762. The molecule has 2 heterocycles.